The number of rotatable bonds is 9. The molecule has 2 rings (SSSR count). The minimum absolute atomic E-state index is 0.00379. The Bertz CT molecular complexity index is 758. The second-order valence-corrected chi connectivity index (χ2v) is 12.7. The van der Waals surface area contributed by atoms with E-state index in [2.05, 4.69) is 99.9 Å². The van der Waals surface area contributed by atoms with Crippen molar-refractivity contribution in [2.45, 2.75) is 57.6 Å². The molecule has 0 aliphatic rings. The van der Waals surface area contributed by atoms with Gasteiger partial charge in [0.05, 0.1) is 6.10 Å². The van der Waals surface area contributed by atoms with Gasteiger partial charge in [0.15, 0.2) is 0 Å². The standard InChI is InChI=1S/C26H34O2Si/c1-5-16-23(27)17-10-6-7-15-22-28-29(26(2,3)4,24-18-11-8-12-19-24)25-20-13-9-14-21-25/h5,8-9,11-14,18-21,23,27H,1,7,15-17,22H2,2-4H3. The van der Waals surface area contributed by atoms with Crippen LogP contribution in [0.25, 0.3) is 0 Å². The molecule has 0 aromatic heterocycles. The van der Waals surface area contributed by atoms with Crippen LogP contribution in [-0.4, -0.2) is 26.1 Å². The van der Waals surface area contributed by atoms with E-state index in [1.54, 1.807) is 6.08 Å². The Morgan fingerprint density at radius 3 is 2.03 bits per heavy atom. The summed E-state index contributed by atoms with van der Waals surface area (Å²) in [6, 6.07) is 21.4. The van der Waals surface area contributed by atoms with E-state index in [-0.39, 0.29) is 5.04 Å². The van der Waals surface area contributed by atoms with Crippen molar-refractivity contribution in [3.8, 4) is 11.8 Å². The van der Waals surface area contributed by atoms with Crippen molar-refractivity contribution in [1.82, 2.24) is 0 Å². The lowest BCUT2D eigenvalue weighted by Crippen LogP contribution is -2.66. The van der Waals surface area contributed by atoms with Gasteiger partial charge in [-0.1, -0.05) is 87.5 Å². The second kappa shape index (κ2) is 11.2. The van der Waals surface area contributed by atoms with Gasteiger partial charge in [0.1, 0.15) is 0 Å². The normalized spacial score (nSPS) is 12.7. The van der Waals surface area contributed by atoms with Gasteiger partial charge in [-0.15, -0.1) is 18.4 Å². The zero-order valence-corrected chi connectivity index (χ0v) is 19.0. The Kier molecular flexibility index (Phi) is 8.91. The Labute approximate surface area is 177 Å². The molecule has 2 aromatic carbocycles. The van der Waals surface area contributed by atoms with Crippen LogP contribution in [0.4, 0.5) is 0 Å². The highest BCUT2D eigenvalue weighted by atomic mass is 28.4. The summed E-state index contributed by atoms with van der Waals surface area (Å²) in [5.41, 5.74) is 0. The van der Waals surface area contributed by atoms with Gasteiger partial charge in [0.2, 0.25) is 0 Å². The zero-order chi connectivity index (χ0) is 21.2. The number of aliphatic hydroxyl groups is 1. The van der Waals surface area contributed by atoms with Crippen LogP contribution in [0.2, 0.25) is 5.04 Å². The van der Waals surface area contributed by atoms with Gasteiger partial charge in [0.25, 0.3) is 8.32 Å². The average molecular weight is 407 g/mol. The van der Waals surface area contributed by atoms with Crippen molar-refractivity contribution in [3.05, 3.63) is 73.3 Å². The van der Waals surface area contributed by atoms with Gasteiger partial charge in [-0.25, -0.2) is 0 Å². The van der Waals surface area contributed by atoms with Gasteiger partial charge in [-0.2, -0.15) is 0 Å². The maximum absolute atomic E-state index is 9.71. The molecule has 0 heterocycles. The molecule has 0 aliphatic carbocycles. The average Bonchev–Trinajstić information content (AvgIpc) is 2.71. The molecule has 1 N–H and O–H groups in total. The van der Waals surface area contributed by atoms with Crippen LogP contribution in [0, 0.1) is 11.8 Å². The number of hydrogen-bond donors (Lipinski definition) is 1. The fourth-order valence-electron chi connectivity index (χ4n) is 3.70. The topological polar surface area (TPSA) is 29.5 Å². The van der Waals surface area contributed by atoms with Gasteiger partial charge < -0.3 is 9.53 Å². The molecule has 0 amide bonds. The maximum Gasteiger partial charge on any atom is 0.261 e. The molecule has 0 fully saturated rings. The molecule has 0 saturated heterocycles. The van der Waals surface area contributed by atoms with Crippen LogP contribution in [0.15, 0.2) is 73.3 Å². The fraction of sp³-hybridized carbons (Fsp3) is 0.385. The summed E-state index contributed by atoms with van der Waals surface area (Å²) in [5, 5.41) is 12.3. The Morgan fingerprint density at radius 2 is 1.55 bits per heavy atom. The van der Waals surface area contributed by atoms with E-state index in [0.717, 1.165) is 12.8 Å². The van der Waals surface area contributed by atoms with Crippen LogP contribution in [-0.2, 0) is 4.43 Å². The smallest absolute Gasteiger partial charge is 0.261 e. The van der Waals surface area contributed by atoms with Gasteiger partial charge in [-0.05, 0) is 28.3 Å². The minimum Gasteiger partial charge on any atom is -0.407 e. The number of aliphatic hydroxyl groups excluding tert-OH is 1. The van der Waals surface area contributed by atoms with Crippen molar-refractivity contribution < 1.29 is 9.53 Å². The summed E-state index contributed by atoms with van der Waals surface area (Å²) in [6.45, 7) is 11.2. The van der Waals surface area contributed by atoms with E-state index in [0.29, 0.717) is 19.4 Å². The molecule has 0 radical (unpaired) electrons. The summed E-state index contributed by atoms with van der Waals surface area (Å²) in [5.74, 6) is 6.24. The zero-order valence-electron chi connectivity index (χ0n) is 18.0. The van der Waals surface area contributed by atoms with Gasteiger partial charge in [0, 0.05) is 19.4 Å². The Balaban J connectivity index is 2.15. The van der Waals surface area contributed by atoms with Crippen LogP contribution in [0.3, 0.4) is 0 Å². The lowest BCUT2D eigenvalue weighted by atomic mass is 10.2. The summed E-state index contributed by atoms with van der Waals surface area (Å²) in [6.07, 6.45) is 4.07. The molecular formula is C26H34O2Si. The highest BCUT2D eigenvalue weighted by molar-refractivity contribution is 6.99. The van der Waals surface area contributed by atoms with Gasteiger partial charge >= 0.3 is 0 Å². The third kappa shape index (κ3) is 6.18. The van der Waals surface area contributed by atoms with E-state index < -0.39 is 14.4 Å². The minimum atomic E-state index is -2.45. The quantitative estimate of drug-likeness (QED) is 0.284. The molecular weight excluding hydrogens is 372 g/mol. The largest absolute Gasteiger partial charge is 0.407 e. The highest BCUT2D eigenvalue weighted by Gasteiger charge is 2.49. The number of unbranched alkanes of at least 4 members (excludes halogenated alkanes) is 1. The molecule has 0 aliphatic heterocycles. The molecule has 0 saturated carbocycles. The molecule has 1 atom stereocenters. The first-order valence-electron chi connectivity index (χ1n) is 10.4. The summed E-state index contributed by atoms with van der Waals surface area (Å²) < 4.78 is 6.84. The van der Waals surface area contributed by atoms with Crippen molar-refractivity contribution in [1.29, 1.82) is 0 Å². The van der Waals surface area contributed by atoms with Crippen molar-refractivity contribution in [2.75, 3.05) is 6.61 Å². The Hall–Kier alpha value is -2.12. The van der Waals surface area contributed by atoms with E-state index in [4.69, 9.17) is 4.43 Å². The molecule has 0 spiro atoms. The van der Waals surface area contributed by atoms with Crippen LogP contribution < -0.4 is 10.4 Å². The first-order chi connectivity index (χ1) is 13.9. The first-order valence-corrected chi connectivity index (χ1v) is 12.3. The van der Waals surface area contributed by atoms with Crippen molar-refractivity contribution in [2.24, 2.45) is 0 Å². The summed E-state index contributed by atoms with van der Waals surface area (Å²) in [7, 11) is -2.45. The summed E-state index contributed by atoms with van der Waals surface area (Å²) in [4.78, 5) is 0. The van der Waals surface area contributed by atoms with E-state index in [1.807, 2.05) is 0 Å². The Morgan fingerprint density at radius 1 is 1.00 bits per heavy atom. The molecule has 0 bridgehead atoms. The predicted octanol–water partition coefficient (Wildman–Crippen LogP) is 4.67. The first kappa shape index (κ1) is 23.2. The fourth-order valence-corrected chi connectivity index (χ4v) is 8.31. The van der Waals surface area contributed by atoms with E-state index >= 15 is 0 Å². The monoisotopic (exact) mass is 406 g/mol. The number of hydrogen-bond acceptors (Lipinski definition) is 2. The second-order valence-electron chi connectivity index (χ2n) is 8.35. The lowest BCUT2D eigenvalue weighted by molar-refractivity contribution is 0.184. The molecule has 3 heteroatoms. The van der Waals surface area contributed by atoms with Crippen molar-refractivity contribution >= 4 is 18.7 Å². The molecule has 2 aromatic rings. The number of benzene rings is 2. The third-order valence-electron chi connectivity index (χ3n) is 5.08. The lowest BCUT2D eigenvalue weighted by Gasteiger charge is -2.43. The highest BCUT2D eigenvalue weighted by Crippen LogP contribution is 2.36. The van der Waals surface area contributed by atoms with Crippen LogP contribution >= 0.6 is 0 Å². The van der Waals surface area contributed by atoms with E-state index in [9.17, 15) is 5.11 Å². The maximum atomic E-state index is 9.71. The van der Waals surface area contributed by atoms with Crippen molar-refractivity contribution in [3.63, 3.8) is 0 Å². The molecule has 1 unspecified atom stereocenters. The third-order valence-corrected chi connectivity index (χ3v) is 10.1. The van der Waals surface area contributed by atoms with Crippen LogP contribution in [0.1, 0.15) is 46.5 Å². The SMILES string of the molecule is C=CCC(O)CC#CCCCO[Si](c1ccccc1)(c1ccccc1)C(C)(C)C. The molecule has 2 nitrogen and oxygen atoms in total. The van der Waals surface area contributed by atoms with Gasteiger partial charge in [-0.3, -0.25) is 0 Å². The summed E-state index contributed by atoms with van der Waals surface area (Å²) >= 11 is 0. The molecule has 29 heavy (non-hydrogen) atoms. The van der Waals surface area contributed by atoms with E-state index in [1.165, 1.54) is 10.4 Å². The van der Waals surface area contributed by atoms with Crippen LogP contribution in [0.5, 0.6) is 0 Å². The predicted molar refractivity (Wildman–Crippen MR) is 126 cm³/mol. The molecule has 154 valence electrons.